The van der Waals surface area contributed by atoms with Crippen molar-refractivity contribution in [3.05, 3.63) is 34.2 Å². The molecule has 0 atom stereocenters. The summed E-state index contributed by atoms with van der Waals surface area (Å²) in [5.41, 5.74) is -0.322. The second-order valence-electron chi connectivity index (χ2n) is 4.50. The van der Waals surface area contributed by atoms with Crippen LogP contribution in [0.5, 0.6) is 0 Å². The Kier molecular flexibility index (Phi) is 5.58. The number of carbonyl (C=O) groups is 1. The Balaban J connectivity index is 2.56. The van der Waals surface area contributed by atoms with Crippen molar-refractivity contribution in [3.8, 4) is 0 Å². The van der Waals surface area contributed by atoms with E-state index in [0.717, 1.165) is 6.42 Å². The summed E-state index contributed by atoms with van der Waals surface area (Å²) in [6.45, 7) is 5.44. The molecule has 0 aliphatic carbocycles. The maximum Gasteiger partial charge on any atom is 0.352 e. The normalized spacial score (nSPS) is 10.8. The highest BCUT2D eigenvalue weighted by atomic mass is 16.5. The van der Waals surface area contributed by atoms with Crippen LogP contribution in [-0.2, 0) is 11.3 Å². The zero-order chi connectivity index (χ0) is 13.5. The second-order valence-corrected chi connectivity index (χ2v) is 4.50. The van der Waals surface area contributed by atoms with Gasteiger partial charge in [-0.3, -0.25) is 4.79 Å². The zero-order valence-corrected chi connectivity index (χ0v) is 10.8. The third-order valence-electron chi connectivity index (χ3n) is 2.57. The maximum atomic E-state index is 11.6. The molecule has 1 aromatic rings. The van der Waals surface area contributed by atoms with Crippen molar-refractivity contribution in [2.75, 3.05) is 13.2 Å². The molecule has 1 aromatic heterocycles. The molecule has 5 nitrogen and oxygen atoms in total. The average Bonchev–Trinajstić information content (AvgIpc) is 2.29. The van der Waals surface area contributed by atoms with E-state index < -0.39 is 5.97 Å². The van der Waals surface area contributed by atoms with Crippen molar-refractivity contribution in [1.82, 2.24) is 4.57 Å². The molecular weight excluding hydrogens is 234 g/mol. The maximum absolute atomic E-state index is 11.6. The number of rotatable bonds is 7. The van der Waals surface area contributed by atoms with Crippen molar-refractivity contribution >= 4 is 5.97 Å². The van der Waals surface area contributed by atoms with Crippen LogP contribution in [0.2, 0.25) is 0 Å². The summed E-state index contributed by atoms with van der Waals surface area (Å²) in [6, 6.07) is 4.21. The zero-order valence-electron chi connectivity index (χ0n) is 10.8. The van der Waals surface area contributed by atoms with Crippen molar-refractivity contribution < 1.29 is 14.6 Å². The van der Waals surface area contributed by atoms with Crippen molar-refractivity contribution in [2.45, 2.75) is 26.8 Å². The Hall–Kier alpha value is -1.62. The van der Waals surface area contributed by atoms with Gasteiger partial charge in [-0.05, 0) is 18.4 Å². The molecule has 0 bridgehead atoms. The number of pyridine rings is 1. The molecule has 5 heteroatoms. The van der Waals surface area contributed by atoms with E-state index in [9.17, 15) is 9.59 Å². The van der Waals surface area contributed by atoms with E-state index in [4.69, 9.17) is 9.84 Å². The summed E-state index contributed by atoms with van der Waals surface area (Å²) in [4.78, 5) is 22.5. The highest BCUT2D eigenvalue weighted by molar-refractivity contribution is 5.85. The van der Waals surface area contributed by atoms with Gasteiger partial charge in [0.2, 0.25) is 0 Å². The molecule has 0 fully saturated rings. The molecule has 1 heterocycles. The van der Waals surface area contributed by atoms with E-state index >= 15 is 0 Å². The lowest BCUT2D eigenvalue weighted by Gasteiger charge is -2.10. The van der Waals surface area contributed by atoms with Crippen LogP contribution >= 0.6 is 0 Å². The molecule has 0 saturated carbocycles. The van der Waals surface area contributed by atoms with E-state index in [-0.39, 0.29) is 17.8 Å². The molecule has 0 saturated heterocycles. The smallest absolute Gasteiger partial charge is 0.352 e. The van der Waals surface area contributed by atoms with Crippen molar-refractivity contribution in [1.29, 1.82) is 0 Å². The summed E-state index contributed by atoms with van der Waals surface area (Å²) < 4.78 is 6.61. The molecule has 0 aromatic carbocycles. The molecular formula is C13H19NO4. The van der Waals surface area contributed by atoms with Gasteiger partial charge in [-0.1, -0.05) is 19.9 Å². The Bertz CT molecular complexity index is 451. The van der Waals surface area contributed by atoms with E-state index in [1.54, 1.807) is 0 Å². The molecule has 18 heavy (non-hydrogen) atoms. The van der Waals surface area contributed by atoms with Crippen LogP contribution in [0, 0.1) is 5.92 Å². The van der Waals surface area contributed by atoms with Crippen LogP contribution in [0.1, 0.15) is 30.8 Å². The van der Waals surface area contributed by atoms with Crippen LogP contribution in [0.4, 0.5) is 0 Å². The van der Waals surface area contributed by atoms with Crippen LogP contribution in [0.3, 0.4) is 0 Å². The number of aromatic carboxylic acids is 1. The van der Waals surface area contributed by atoms with Crippen LogP contribution in [-0.4, -0.2) is 28.9 Å². The molecule has 0 aliphatic rings. The van der Waals surface area contributed by atoms with Gasteiger partial charge < -0.3 is 14.4 Å². The quantitative estimate of drug-likeness (QED) is 0.749. The number of aromatic nitrogens is 1. The summed E-state index contributed by atoms with van der Waals surface area (Å²) in [7, 11) is 0. The van der Waals surface area contributed by atoms with Gasteiger partial charge in [0.15, 0.2) is 0 Å². The SMILES string of the molecule is CC(C)CCOCCn1c(C(=O)O)cccc1=O. The summed E-state index contributed by atoms with van der Waals surface area (Å²) in [6.07, 6.45) is 0.954. The minimum Gasteiger partial charge on any atom is -0.477 e. The number of nitrogens with zero attached hydrogens (tertiary/aromatic N) is 1. The lowest BCUT2D eigenvalue weighted by molar-refractivity contribution is 0.0677. The Labute approximate surface area is 106 Å². The molecule has 1 rings (SSSR count). The van der Waals surface area contributed by atoms with Crippen molar-refractivity contribution in [2.24, 2.45) is 5.92 Å². The minimum atomic E-state index is -1.10. The van der Waals surface area contributed by atoms with E-state index in [0.29, 0.717) is 19.1 Å². The van der Waals surface area contributed by atoms with Gasteiger partial charge in [0, 0.05) is 19.2 Å². The molecule has 0 unspecified atom stereocenters. The number of ether oxygens (including phenoxy) is 1. The Morgan fingerprint density at radius 3 is 2.72 bits per heavy atom. The number of carboxylic acid groups (broad SMARTS) is 1. The van der Waals surface area contributed by atoms with Gasteiger partial charge in [0.05, 0.1) is 6.61 Å². The van der Waals surface area contributed by atoms with Gasteiger partial charge in [-0.2, -0.15) is 0 Å². The monoisotopic (exact) mass is 253 g/mol. The third kappa shape index (κ3) is 4.33. The van der Waals surface area contributed by atoms with Crippen LogP contribution in [0.25, 0.3) is 0 Å². The fourth-order valence-electron chi connectivity index (χ4n) is 1.51. The third-order valence-corrected chi connectivity index (χ3v) is 2.57. The lowest BCUT2D eigenvalue weighted by atomic mass is 10.1. The van der Waals surface area contributed by atoms with E-state index in [1.807, 2.05) is 0 Å². The fraction of sp³-hybridized carbons (Fsp3) is 0.538. The molecule has 0 amide bonds. The first-order valence-electron chi connectivity index (χ1n) is 6.03. The standard InChI is InChI=1S/C13H19NO4/c1-10(2)6-8-18-9-7-14-11(13(16)17)4-3-5-12(14)15/h3-5,10H,6-9H2,1-2H3,(H,16,17). The average molecular weight is 253 g/mol. The largest absolute Gasteiger partial charge is 0.477 e. The molecule has 0 radical (unpaired) electrons. The van der Waals surface area contributed by atoms with E-state index in [1.165, 1.54) is 22.8 Å². The first kappa shape index (κ1) is 14.4. The first-order chi connectivity index (χ1) is 8.52. The predicted octanol–water partition coefficient (Wildman–Crippen LogP) is 1.61. The van der Waals surface area contributed by atoms with Gasteiger partial charge in [0.25, 0.3) is 5.56 Å². The number of hydrogen-bond donors (Lipinski definition) is 1. The molecule has 0 aliphatic heterocycles. The highest BCUT2D eigenvalue weighted by Crippen LogP contribution is 2.00. The number of carboxylic acids is 1. The summed E-state index contributed by atoms with van der Waals surface area (Å²) >= 11 is 0. The highest BCUT2D eigenvalue weighted by Gasteiger charge is 2.09. The summed E-state index contributed by atoms with van der Waals surface area (Å²) in [5.74, 6) is -0.533. The topological polar surface area (TPSA) is 68.5 Å². The molecule has 1 N–H and O–H groups in total. The van der Waals surface area contributed by atoms with E-state index in [2.05, 4.69) is 13.8 Å². The van der Waals surface area contributed by atoms with Crippen LogP contribution < -0.4 is 5.56 Å². The lowest BCUT2D eigenvalue weighted by Crippen LogP contribution is -2.27. The van der Waals surface area contributed by atoms with Crippen LogP contribution in [0.15, 0.2) is 23.0 Å². The first-order valence-corrected chi connectivity index (χ1v) is 6.03. The Morgan fingerprint density at radius 2 is 2.11 bits per heavy atom. The molecule has 0 spiro atoms. The second kappa shape index (κ2) is 6.96. The Morgan fingerprint density at radius 1 is 1.39 bits per heavy atom. The van der Waals surface area contributed by atoms with Gasteiger partial charge in [0.1, 0.15) is 5.69 Å². The van der Waals surface area contributed by atoms with Gasteiger partial charge in [-0.15, -0.1) is 0 Å². The summed E-state index contributed by atoms with van der Waals surface area (Å²) in [5, 5.41) is 8.97. The number of hydrogen-bond acceptors (Lipinski definition) is 3. The minimum absolute atomic E-state index is 0.00467. The fourth-order valence-corrected chi connectivity index (χ4v) is 1.51. The predicted molar refractivity (Wildman–Crippen MR) is 67.9 cm³/mol. The molecule has 100 valence electrons. The van der Waals surface area contributed by atoms with Crippen molar-refractivity contribution in [3.63, 3.8) is 0 Å². The van der Waals surface area contributed by atoms with Gasteiger partial charge in [-0.25, -0.2) is 4.79 Å². The van der Waals surface area contributed by atoms with Gasteiger partial charge >= 0.3 is 5.97 Å².